The highest BCUT2D eigenvalue weighted by Crippen LogP contribution is 2.30. The molecule has 1 saturated heterocycles. The minimum atomic E-state index is -0.433. The topological polar surface area (TPSA) is 90.6 Å². The number of thioether (sulfide) groups is 1. The van der Waals surface area contributed by atoms with E-state index in [4.69, 9.17) is 14.9 Å². The number of aliphatic imine (C=N–C) groups is 1. The van der Waals surface area contributed by atoms with Crippen molar-refractivity contribution in [3.8, 4) is 5.75 Å². The predicted octanol–water partition coefficient (Wildman–Crippen LogP) is 3.48. The van der Waals surface area contributed by atoms with Crippen molar-refractivity contribution >= 4 is 39.9 Å². The minimum absolute atomic E-state index is 0.0283. The maximum Gasteiger partial charge on any atom is 0.283 e. The van der Waals surface area contributed by atoms with Crippen LogP contribution in [0.15, 0.2) is 64.2 Å². The van der Waals surface area contributed by atoms with Crippen molar-refractivity contribution in [2.45, 2.75) is 13.5 Å². The van der Waals surface area contributed by atoms with Gasteiger partial charge in [0.05, 0.1) is 18.8 Å². The zero-order chi connectivity index (χ0) is 22.8. The second-order valence-electron chi connectivity index (χ2n) is 7.85. The van der Waals surface area contributed by atoms with E-state index >= 15 is 0 Å². The van der Waals surface area contributed by atoms with Crippen molar-refractivity contribution in [3.05, 3.63) is 70.8 Å². The number of nitrogens with one attached hydrogen (secondary N) is 1. The van der Waals surface area contributed by atoms with Crippen molar-refractivity contribution in [2.75, 3.05) is 26.3 Å². The van der Waals surface area contributed by atoms with Crippen LogP contribution in [0.3, 0.4) is 0 Å². The Hall–Kier alpha value is -3.43. The first kappa shape index (κ1) is 21.4. The molecule has 0 spiro atoms. The molecule has 0 radical (unpaired) electrons. The van der Waals surface area contributed by atoms with Gasteiger partial charge in [0.15, 0.2) is 11.0 Å². The van der Waals surface area contributed by atoms with Gasteiger partial charge >= 0.3 is 0 Å². The molecule has 2 aromatic rings. The number of ether oxygens (including phenoxy) is 2. The summed E-state index contributed by atoms with van der Waals surface area (Å²) < 4.78 is 11.3. The fourth-order valence-corrected chi connectivity index (χ4v) is 4.60. The van der Waals surface area contributed by atoms with Crippen LogP contribution < -0.4 is 4.74 Å². The van der Waals surface area contributed by atoms with Gasteiger partial charge < -0.3 is 14.4 Å². The lowest BCUT2D eigenvalue weighted by atomic mass is 10.1. The maximum absolute atomic E-state index is 12.6. The third kappa shape index (κ3) is 4.69. The molecule has 0 saturated carbocycles. The molecular formula is C24H23N5O3S. The Morgan fingerprint density at radius 2 is 1.94 bits per heavy atom. The van der Waals surface area contributed by atoms with Crippen LogP contribution in [0.2, 0.25) is 0 Å². The molecule has 1 amide bonds. The number of hydrogen-bond acceptors (Lipinski definition) is 7. The lowest BCUT2D eigenvalue weighted by Gasteiger charge is -2.26. The summed E-state index contributed by atoms with van der Waals surface area (Å²) in [5.74, 6) is 0.331. The summed E-state index contributed by atoms with van der Waals surface area (Å²) in [5, 5.41) is 15.7. The SMILES string of the molecule is Cc1cccc(COc2ccc(/C=C3\C(=N)N4N=C(N5CCOCC5)SC4=NC3=O)cc2)c1. The molecule has 3 heterocycles. The Kier molecular flexibility index (Phi) is 5.97. The van der Waals surface area contributed by atoms with Crippen LogP contribution in [0.5, 0.6) is 5.75 Å². The maximum atomic E-state index is 12.6. The molecule has 33 heavy (non-hydrogen) atoms. The molecule has 5 rings (SSSR count). The van der Waals surface area contributed by atoms with Gasteiger partial charge in [-0.15, -0.1) is 5.10 Å². The molecule has 0 aliphatic carbocycles. The molecule has 0 unspecified atom stereocenters. The third-order valence-electron chi connectivity index (χ3n) is 5.40. The van der Waals surface area contributed by atoms with E-state index in [1.54, 1.807) is 6.08 Å². The molecule has 3 aliphatic heterocycles. The number of amides is 1. The second kappa shape index (κ2) is 9.21. The number of carbonyl (C=O) groups is 1. The number of nitrogens with zero attached hydrogens (tertiary/aromatic N) is 4. The number of hydrogen-bond donors (Lipinski definition) is 1. The van der Waals surface area contributed by atoms with E-state index in [-0.39, 0.29) is 11.4 Å². The first-order valence-corrected chi connectivity index (χ1v) is 11.5. The van der Waals surface area contributed by atoms with Crippen LogP contribution in [0.1, 0.15) is 16.7 Å². The van der Waals surface area contributed by atoms with Crippen LogP contribution in [0.25, 0.3) is 6.08 Å². The van der Waals surface area contributed by atoms with Gasteiger partial charge in [-0.2, -0.15) is 10.0 Å². The van der Waals surface area contributed by atoms with E-state index in [0.717, 1.165) is 35.1 Å². The standard InChI is InChI=1S/C24H23N5O3S/c1-16-3-2-4-18(13-16)15-32-19-7-5-17(6-8-19)14-20-21(25)29-23(26-22(20)30)33-24(27-29)28-9-11-31-12-10-28/h2-8,13-14,25H,9-12,15H2,1H3/b20-14+,25-21?. The van der Waals surface area contributed by atoms with E-state index in [2.05, 4.69) is 34.1 Å². The molecule has 9 heteroatoms. The first-order valence-electron chi connectivity index (χ1n) is 10.7. The smallest absolute Gasteiger partial charge is 0.283 e. The molecule has 8 nitrogen and oxygen atoms in total. The minimum Gasteiger partial charge on any atom is -0.489 e. The number of amidine groups is 3. The molecule has 3 aliphatic rings. The van der Waals surface area contributed by atoms with Crippen molar-refractivity contribution in [1.29, 1.82) is 5.41 Å². The van der Waals surface area contributed by atoms with Crippen molar-refractivity contribution in [1.82, 2.24) is 9.91 Å². The molecule has 1 fully saturated rings. The van der Waals surface area contributed by atoms with Gasteiger partial charge in [-0.25, -0.2) is 0 Å². The fourth-order valence-electron chi connectivity index (χ4n) is 3.66. The first-order chi connectivity index (χ1) is 16.1. The molecule has 0 atom stereocenters. The van der Waals surface area contributed by atoms with Gasteiger partial charge in [0.1, 0.15) is 12.4 Å². The highest BCUT2D eigenvalue weighted by atomic mass is 32.2. The number of fused-ring (bicyclic) bond motifs is 1. The molecule has 1 N–H and O–H groups in total. The third-order valence-corrected chi connectivity index (χ3v) is 6.37. The van der Waals surface area contributed by atoms with Crippen LogP contribution in [0, 0.1) is 12.3 Å². The zero-order valence-corrected chi connectivity index (χ0v) is 19.0. The summed E-state index contributed by atoms with van der Waals surface area (Å²) in [6.07, 6.45) is 1.67. The lowest BCUT2D eigenvalue weighted by molar-refractivity contribution is -0.114. The van der Waals surface area contributed by atoms with Gasteiger partial charge in [0, 0.05) is 13.1 Å². The van der Waals surface area contributed by atoms with Gasteiger partial charge in [-0.05, 0) is 48.0 Å². The molecule has 2 aromatic carbocycles. The van der Waals surface area contributed by atoms with E-state index in [0.29, 0.717) is 25.0 Å². The zero-order valence-electron chi connectivity index (χ0n) is 18.2. The monoisotopic (exact) mass is 461 g/mol. The van der Waals surface area contributed by atoms with Gasteiger partial charge in [-0.3, -0.25) is 10.2 Å². The van der Waals surface area contributed by atoms with Crippen LogP contribution in [0.4, 0.5) is 0 Å². The summed E-state index contributed by atoms with van der Waals surface area (Å²) in [5.41, 5.74) is 3.30. The van der Waals surface area contributed by atoms with E-state index in [1.807, 2.05) is 36.4 Å². The van der Waals surface area contributed by atoms with E-state index < -0.39 is 5.91 Å². The van der Waals surface area contributed by atoms with Crippen LogP contribution >= 0.6 is 11.8 Å². The number of hydrazone groups is 1. The molecule has 0 bridgehead atoms. The Bertz CT molecular complexity index is 1180. The Morgan fingerprint density at radius 3 is 2.70 bits per heavy atom. The van der Waals surface area contributed by atoms with Crippen molar-refractivity contribution in [2.24, 2.45) is 10.1 Å². The molecule has 0 aromatic heterocycles. The molecular weight excluding hydrogens is 438 g/mol. The number of rotatable bonds is 4. The largest absolute Gasteiger partial charge is 0.489 e. The number of aryl methyl sites for hydroxylation is 1. The van der Waals surface area contributed by atoms with Crippen LogP contribution in [-0.4, -0.2) is 58.3 Å². The highest BCUT2D eigenvalue weighted by molar-refractivity contribution is 8.26. The second-order valence-corrected chi connectivity index (χ2v) is 8.78. The number of carbonyl (C=O) groups excluding carboxylic acids is 1. The van der Waals surface area contributed by atoms with Gasteiger partial charge in [0.2, 0.25) is 5.17 Å². The number of benzene rings is 2. The van der Waals surface area contributed by atoms with Crippen molar-refractivity contribution in [3.63, 3.8) is 0 Å². The average Bonchev–Trinajstić information content (AvgIpc) is 3.26. The summed E-state index contributed by atoms with van der Waals surface area (Å²) in [6.45, 7) is 5.28. The Balaban J connectivity index is 1.28. The highest BCUT2D eigenvalue weighted by Gasteiger charge is 2.37. The predicted molar refractivity (Wildman–Crippen MR) is 129 cm³/mol. The summed E-state index contributed by atoms with van der Waals surface area (Å²) in [4.78, 5) is 18.9. The Morgan fingerprint density at radius 1 is 1.15 bits per heavy atom. The normalized spacial score (nSPS) is 19.5. The lowest BCUT2D eigenvalue weighted by Crippen LogP contribution is -2.39. The molecule has 168 valence electrons. The summed E-state index contributed by atoms with van der Waals surface area (Å²) in [6, 6.07) is 15.6. The number of morpholine rings is 1. The van der Waals surface area contributed by atoms with Crippen LogP contribution in [-0.2, 0) is 16.1 Å². The summed E-state index contributed by atoms with van der Waals surface area (Å²) >= 11 is 1.31. The average molecular weight is 462 g/mol. The van der Waals surface area contributed by atoms with Crippen molar-refractivity contribution < 1.29 is 14.3 Å². The van der Waals surface area contributed by atoms with Gasteiger partial charge in [-0.1, -0.05) is 42.0 Å². The van der Waals surface area contributed by atoms with E-state index in [1.165, 1.54) is 22.3 Å². The summed E-state index contributed by atoms with van der Waals surface area (Å²) in [7, 11) is 0. The quantitative estimate of drug-likeness (QED) is 0.701. The van der Waals surface area contributed by atoms with E-state index in [9.17, 15) is 4.79 Å². The Labute approximate surface area is 196 Å². The fraction of sp³-hybridized carbons (Fsp3) is 0.250. The van der Waals surface area contributed by atoms with Gasteiger partial charge in [0.25, 0.3) is 5.91 Å².